The molecule has 3 rings (SSSR count). The molecular formula is C18H18N2O. The molecule has 0 saturated carbocycles. The predicted octanol–water partition coefficient (Wildman–Crippen LogP) is 4.53. The van der Waals surface area contributed by atoms with Crippen LogP contribution in [0.1, 0.15) is 16.7 Å². The molecule has 0 aliphatic rings. The zero-order valence-electron chi connectivity index (χ0n) is 12.5. The molecule has 21 heavy (non-hydrogen) atoms. The van der Waals surface area contributed by atoms with Crippen molar-refractivity contribution in [3.8, 4) is 11.6 Å². The third-order valence-electron chi connectivity index (χ3n) is 3.67. The van der Waals surface area contributed by atoms with Gasteiger partial charge in [-0.2, -0.15) is 0 Å². The Kier molecular flexibility index (Phi) is 3.26. The fourth-order valence-corrected chi connectivity index (χ4v) is 2.40. The van der Waals surface area contributed by atoms with Crippen LogP contribution in [0.5, 0.6) is 11.6 Å². The highest BCUT2D eigenvalue weighted by Crippen LogP contribution is 2.28. The van der Waals surface area contributed by atoms with Crippen molar-refractivity contribution in [2.24, 2.45) is 0 Å². The molecule has 0 aliphatic heterocycles. The van der Waals surface area contributed by atoms with E-state index in [4.69, 9.17) is 10.5 Å². The van der Waals surface area contributed by atoms with Gasteiger partial charge < -0.3 is 10.5 Å². The highest BCUT2D eigenvalue weighted by atomic mass is 16.5. The maximum Gasteiger partial charge on any atom is 0.219 e. The van der Waals surface area contributed by atoms with Gasteiger partial charge in [0.15, 0.2) is 0 Å². The van der Waals surface area contributed by atoms with Crippen molar-refractivity contribution in [3.05, 3.63) is 59.2 Å². The quantitative estimate of drug-likeness (QED) is 0.700. The molecule has 3 heteroatoms. The molecule has 0 aliphatic carbocycles. The number of hydrogen-bond donors (Lipinski definition) is 1. The highest BCUT2D eigenvalue weighted by molar-refractivity contribution is 5.82. The number of anilines is 1. The Morgan fingerprint density at radius 1 is 0.952 bits per heavy atom. The predicted molar refractivity (Wildman–Crippen MR) is 86.9 cm³/mol. The summed E-state index contributed by atoms with van der Waals surface area (Å²) in [5, 5.41) is 1.01. The fraction of sp³-hybridized carbons (Fsp3) is 0.167. The topological polar surface area (TPSA) is 48.1 Å². The lowest BCUT2D eigenvalue weighted by Crippen LogP contribution is -1.94. The van der Waals surface area contributed by atoms with Gasteiger partial charge in [-0.3, -0.25) is 0 Å². The van der Waals surface area contributed by atoms with Crippen LogP contribution in [-0.2, 0) is 0 Å². The van der Waals surface area contributed by atoms with E-state index in [0.717, 1.165) is 27.9 Å². The summed E-state index contributed by atoms with van der Waals surface area (Å²) in [6.07, 6.45) is 0. The molecule has 1 heterocycles. The van der Waals surface area contributed by atoms with Gasteiger partial charge in [-0.25, -0.2) is 4.98 Å². The molecule has 0 fully saturated rings. The molecule has 0 radical (unpaired) electrons. The normalized spacial score (nSPS) is 10.8. The lowest BCUT2D eigenvalue weighted by molar-refractivity contribution is 0.461. The Balaban J connectivity index is 2.00. The zero-order chi connectivity index (χ0) is 15.0. The molecule has 0 bridgehead atoms. The number of aryl methyl sites for hydroxylation is 2. The van der Waals surface area contributed by atoms with E-state index < -0.39 is 0 Å². The molecule has 0 saturated heterocycles. The van der Waals surface area contributed by atoms with Gasteiger partial charge in [-0.15, -0.1) is 0 Å². The summed E-state index contributed by atoms with van der Waals surface area (Å²) in [6.45, 7) is 6.22. The van der Waals surface area contributed by atoms with Gasteiger partial charge >= 0.3 is 0 Å². The largest absolute Gasteiger partial charge is 0.439 e. The lowest BCUT2D eigenvalue weighted by atomic mass is 10.1. The van der Waals surface area contributed by atoms with Crippen molar-refractivity contribution in [3.63, 3.8) is 0 Å². The summed E-state index contributed by atoms with van der Waals surface area (Å²) in [6, 6.07) is 13.7. The fourth-order valence-electron chi connectivity index (χ4n) is 2.40. The lowest BCUT2D eigenvalue weighted by Gasteiger charge is -2.12. The first kappa shape index (κ1) is 13.4. The van der Waals surface area contributed by atoms with Gasteiger partial charge in [-0.1, -0.05) is 6.07 Å². The van der Waals surface area contributed by atoms with E-state index in [9.17, 15) is 0 Å². The minimum Gasteiger partial charge on any atom is -0.439 e. The van der Waals surface area contributed by atoms with Crippen LogP contribution in [-0.4, -0.2) is 4.98 Å². The highest BCUT2D eigenvalue weighted by Gasteiger charge is 2.07. The first-order valence-electron chi connectivity index (χ1n) is 6.95. The maximum atomic E-state index is 5.97. The van der Waals surface area contributed by atoms with Crippen LogP contribution in [0.25, 0.3) is 10.9 Å². The van der Waals surface area contributed by atoms with Gasteiger partial charge in [0.25, 0.3) is 0 Å². The molecule has 1 aromatic heterocycles. The standard InChI is InChI=1S/C18H18N2O/c1-11-8-12(2)13(3)17(9-11)21-18-7-4-14-10-15(19)5-6-16(14)20-18/h4-10H,19H2,1-3H3. The van der Waals surface area contributed by atoms with Gasteiger partial charge in [0, 0.05) is 17.1 Å². The first-order valence-corrected chi connectivity index (χ1v) is 6.95. The van der Waals surface area contributed by atoms with Gasteiger partial charge in [0.2, 0.25) is 5.88 Å². The number of fused-ring (bicyclic) bond motifs is 1. The molecule has 0 atom stereocenters. The monoisotopic (exact) mass is 278 g/mol. The Morgan fingerprint density at radius 2 is 1.76 bits per heavy atom. The first-order chi connectivity index (χ1) is 10.0. The van der Waals surface area contributed by atoms with Gasteiger partial charge in [0.1, 0.15) is 5.75 Å². The van der Waals surface area contributed by atoms with Crippen molar-refractivity contribution in [1.29, 1.82) is 0 Å². The van der Waals surface area contributed by atoms with Crippen molar-refractivity contribution in [2.75, 3.05) is 5.73 Å². The number of nitrogen functional groups attached to an aromatic ring is 1. The number of rotatable bonds is 2. The second kappa shape index (κ2) is 5.09. The van der Waals surface area contributed by atoms with Crippen LogP contribution in [0.4, 0.5) is 5.69 Å². The second-order valence-electron chi connectivity index (χ2n) is 5.41. The Labute approximate surface area is 124 Å². The van der Waals surface area contributed by atoms with Crippen molar-refractivity contribution < 1.29 is 4.74 Å². The van der Waals surface area contributed by atoms with Crippen LogP contribution in [0, 0.1) is 20.8 Å². The molecule has 3 aromatic rings. The molecule has 2 aromatic carbocycles. The van der Waals surface area contributed by atoms with Gasteiger partial charge in [-0.05, 0) is 67.8 Å². The van der Waals surface area contributed by atoms with E-state index in [0.29, 0.717) is 5.88 Å². The number of benzene rings is 2. The summed E-state index contributed by atoms with van der Waals surface area (Å²) < 4.78 is 5.97. The zero-order valence-corrected chi connectivity index (χ0v) is 12.5. The molecule has 0 amide bonds. The van der Waals surface area contributed by atoms with Crippen LogP contribution in [0.2, 0.25) is 0 Å². The van der Waals surface area contributed by atoms with E-state index in [1.807, 2.05) is 36.4 Å². The van der Waals surface area contributed by atoms with Crippen LogP contribution >= 0.6 is 0 Å². The number of hydrogen-bond acceptors (Lipinski definition) is 3. The number of ether oxygens (including phenoxy) is 1. The molecule has 0 unspecified atom stereocenters. The van der Waals surface area contributed by atoms with Gasteiger partial charge in [0.05, 0.1) is 5.52 Å². The molecule has 3 nitrogen and oxygen atoms in total. The number of nitrogens with zero attached hydrogens (tertiary/aromatic N) is 1. The van der Waals surface area contributed by atoms with E-state index in [2.05, 4.69) is 31.8 Å². The third kappa shape index (κ3) is 2.68. The van der Waals surface area contributed by atoms with E-state index in [-0.39, 0.29) is 0 Å². The van der Waals surface area contributed by atoms with E-state index >= 15 is 0 Å². The summed E-state index contributed by atoms with van der Waals surface area (Å²) in [5.74, 6) is 1.45. The Bertz CT molecular complexity index is 825. The Hall–Kier alpha value is -2.55. The minimum absolute atomic E-state index is 0.598. The average Bonchev–Trinajstić information content (AvgIpc) is 2.44. The van der Waals surface area contributed by atoms with E-state index in [1.165, 1.54) is 11.1 Å². The molecule has 106 valence electrons. The van der Waals surface area contributed by atoms with E-state index in [1.54, 1.807) is 0 Å². The molecule has 0 spiro atoms. The number of nitrogens with two attached hydrogens (primary N) is 1. The number of pyridine rings is 1. The van der Waals surface area contributed by atoms with Crippen LogP contribution in [0.3, 0.4) is 0 Å². The van der Waals surface area contributed by atoms with Crippen molar-refractivity contribution in [1.82, 2.24) is 4.98 Å². The van der Waals surface area contributed by atoms with Crippen LogP contribution in [0.15, 0.2) is 42.5 Å². The Morgan fingerprint density at radius 3 is 2.57 bits per heavy atom. The van der Waals surface area contributed by atoms with Crippen LogP contribution < -0.4 is 10.5 Å². The summed E-state index contributed by atoms with van der Waals surface area (Å²) in [7, 11) is 0. The second-order valence-corrected chi connectivity index (χ2v) is 5.41. The average molecular weight is 278 g/mol. The summed E-state index contributed by atoms with van der Waals surface area (Å²) in [4.78, 5) is 4.53. The minimum atomic E-state index is 0.598. The van der Waals surface area contributed by atoms with Crippen molar-refractivity contribution in [2.45, 2.75) is 20.8 Å². The molecular weight excluding hydrogens is 260 g/mol. The third-order valence-corrected chi connectivity index (χ3v) is 3.67. The smallest absolute Gasteiger partial charge is 0.219 e. The summed E-state index contributed by atoms with van der Waals surface area (Å²) >= 11 is 0. The van der Waals surface area contributed by atoms with Crippen molar-refractivity contribution >= 4 is 16.6 Å². The molecule has 2 N–H and O–H groups in total. The maximum absolute atomic E-state index is 5.97. The SMILES string of the molecule is Cc1cc(C)c(C)c(Oc2ccc3cc(N)ccc3n2)c1. The number of aromatic nitrogens is 1. The summed E-state index contributed by atoms with van der Waals surface area (Å²) in [5.41, 5.74) is 10.9.